The summed E-state index contributed by atoms with van der Waals surface area (Å²) >= 11 is 0. The van der Waals surface area contributed by atoms with Crippen molar-refractivity contribution in [2.75, 3.05) is 17.2 Å². The van der Waals surface area contributed by atoms with Gasteiger partial charge < -0.3 is 15.4 Å². The molecule has 3 aromatic rings. The second-order valence-electron chi connectivity index (χ2n) is 5.94. The maximum atomic E-state index is 13.3. The van der Waals surface area contributed by atoms with Crippen LogP contribution in [0.25, 0.3) is 0 Å². The number of hydrogen-bond donors (Lipinski definition) is 2. The molecule has 0 saturated heterocycles. The van der Waals surface area contributed by atoms with E-state index in [1.54, 1.807) is 31.2 Å². The predicted octanol–water partition coefficient (Wildman–Crippen LogP) is 4.53. The van der Waals surface area contributed by atoms with Gasteiger partial charge in [0.05, 0.1) is 12.2 Å². The fraction of sp³-hybridized carbons (Fsp3) is 0.0952. The molecular weight excluding hydrogens is 380 g/mol. The molecule has 1 heterocycles. The van der Waals surface area contributed by atoms with E-state index in [2.05, 4.69) is 15.6 Å². The number of esters is 1. The lowest BCUT2D eigenvalue weighted by Gasteiger charge is -2.09. The van der Waals surface area contributed by atoms with Crippen molar-refractivity contribution < 1.29 is 23.1 Å². The number of carbonyl (C=O) groups excluding carboxylic acids is 2. The Bertz CT molecular complexity index is 1040. The Morgan fingerprint density at radius 2 is 1.66 bits per heavy atom. The predicted molar refractivity (Wildman–Crippen MR) is 104 cm³/mol. The van der Waals surface area contributed by atoms with Crippen molar-refractivity contribution >= 4 is 29.1 Å². The van der Waals surface area contributed by atoms with Gasteiger partial charge in [0.1, 0.15) is 5.82 Å². The van der Waals surface area contributed by atoms with Gasteiger partial charge in [0.15, 0.2) is 11.6 Å². The first-order valence-corrected chi connectivity index (χ1v) is 8.73. The molecule has 0 radical (unpaired) electrons. The topological polar surface area (TPSA) is 80.3 Å². The molecule has 0 saturated carbocycles. The average molecular weight is 397 g/mol. The minimum absolute atomic E-state index is 0.134. The number of anilines is 3. The van der Waals surface area contributed by atoms with Crippen molar-refractivity contribution in [3.05, 3.63) is 83.6 Å². The van der Waals surface area contributed by atoms with Crippen LogP contribution in [-0.2, 0) is 4.74 Å². The fourth-order valence-electron chi connectivity index (χ4n) is 2.47. The monoisotopic (exact) mass is 397 g/mol. The first-order chi connectivity index (χ1) is 14.0. The highest BCUT2D eigenvalue weighted by atomic mass is 19.2. The maximum absolute atomic E-state index is 13.3. The third kappa shape index (κ3) is 5.13. The molecule has 0 unspecified atom stereocenters. The van der Waals surface area contributed by atoms with Crippen LogP contribution in [0.4, 0.5) is 26.0 Å². The third-order valence-electron chi connectivity index (χ3n) is 3.87. The molecule has 3 rings (SSSR count). The van der Waals surface area contributed by atoms with Crippen LogP contribution in [0.5, 0.6) is 0 Å². The van der Waals surface area contributed by atoms with E-state index >= 15 is 0 Å². The Morgan fingerprint density at radius 1 is 0.931 bits per heavy atom. The van der Waals surface area contributed by atoms with Gasteiger partial charge in [-0.15, -0.1) is 0 Å². The minimum Gasteiger partial charge on any atom is -0.462 e. The number of ether oxygens (including phenoxy) is 1. The molecule has 0 fully saturated rings. The number of amides is 1. The van der Waals surface area contributed by atoms with Crippen molar-refractivity contribution in [3.8, 4) is 0 Å². The van der Waals surface area contributed by atoms with Crippen LogP contribution in [0.1, 0.15) is 27.6 Å². The van der Waals surface area contributed by atoms with Gasteiger partial charge in [-0.3, -0.25) is 4.79 Å². The van der Waals surface area contributed by atoms with Crippen LogP contribution in [0.15, 0.2) is 60.8 Å². The van der Waals surface area contributed by atoms with Crippen LogP contribution in [0.3, 0.4) is 0 Å². The van der Waals surface area contributed by atoms with Crippen LogP contribution in [-0.4, -0.2) is 23.5 Å². The molecule has 0 spiro atoms. The third-order valence-corrected chi connectivity index (χ3v) is 3.87. The molecule has 1 aromatic heterocycles. The van der Waals surface area contributed by atoms with E-state index in [9.17, 15) is 18.4 Å². The summed E-state index contributed by atoms with van der Waals surface area (Å²) in [7, 11) is 0. The van der Waals surface area contributed by atoms with Crippen LogP contribution in [0, 0.1) is 11.6 Å². The summed E-state index contributed by atoms with van der Waals surface area (Å²) in [5.74, 6) is -2.56. The molecule has 148 valence electrons. The second kappa shape index (κ2) is 8.92. The number of hydrogen-bond acceptors (Lipinski definition) is 5. The van der Waals surface area contributed by atoms with Gasteiger partial charge in [-0.05, 0) is 55.5 Å². The summed E-state index contributed by atoms with van der Waals surface area (Å²) in [6, 6.07) is 12.7. The first-order valence-electron chi connectivity index (χ1n) is 8.73. The van der Waals surface area contributed by atoms with E-state index < -0.39 is 23.5 Å². The normalized spacial score (nSPS) is 10.3. The van der Waals surface area contributed by atoms with E-state index in [0.29, 0.717) is 23.7 Å². The number of carbonyl (C=O) groups is 2. The summed E-state index contributed by atoms with van der Waals surface area (Å²) in [5.41, 5.74) is 1.49. The zero-order valence-corrected chi connectivity index (χ0v) is 15.4. The smallest absolute Gasteiger partial charge is 0.338 e. The molecule has 0 atom stereocenters. The summed E-state index contributed by atoms with van der Waals surface area (Å²) in [6.45, 7) is 2.03. The summed E-state index contributed by atoms with van der Waals surface area (Å²) < 4.78 is 31.2. The molecule has 1 amide bonds. The maximum Gasteiger partial charge on any atom is 0.338 e. The lowest BCUT2D eigenvalue weighted by atomic mass is 10.2. The lowest BCUT2D eigenvalue weighted by molar-refractivity contribution is 0.0526. The van der Waals surface area contributed by atoms with E-state index in [0.717, 1.165) is 12.1 Å². The SMILES string of the molecule is CCOC(=O)c1ccc(Nc2cc(C(=O)Nc3ccc(F)c(F)c3)ccn2)cc1. The molecule has 2 aromatic carbocycles. The molecule has 6 nitrogen and oxygen atoms in total. The van der Waals surface area contributed by atoms with Gasteiger partial charge >= 0.3 is 5.97 Å². The second-order valence-corrected chi connectivity index (χ2v) is 5.94. The quantitative estimate of drug-likeness (QED) is 0.598. The molecule has 2 N–H and O–H groups in total. The van der Waals surface area contributed by atoms with Crippen LogP contribution < -0.4 is 10.6 Å². The largest absolute Gasteiger partial charge is 0.462 e. The van der Waals surface area contributed by atoms with E-state index in [1.165, 1.54) is 24.4 Å². The van der Waals surface area contributed by atoms with Crippen LogP contribution in [0.2, 0.25) is 0 Å². The Hall–Kier alpha value is -3.81. The van der Waals surface area contributed by atoms with E-state index in [1.807, 2.05) is 0 Å². The highest BCUT2D eigenvalue weighted by Gasteiger charge is 2.10. The summed E-state index contributed by atoms with van der Waals surface area (Å²) in [6.07, 6.45) is 1.44. The molecule has 0 bridgehead atoms. The standard InChI is InChI=1S/C21H17F2N3O3/c1-2-29-21(28)13-3-5-15(6-4-13)25-19-11-14(9-10-24-19)20(27)26-16-7-8-17(22)18(23)12-16/h3-12H,2H2,1H3,(H,24,25)(H,26,27). The van der Waals surface area contributed by atoms with Gasteiger partial charge in [0.2, 0.25) is 0 Å². The molecule has 0 aliphatic heterocycles. The Kier molecular flexibility index (Phi) is 6.13. The molecule has 0 aliphatic rings. The number of benzene rings is 2. The van der Waals surface area contributed by atoms with Crippen LogP contribution >= 0.6 is 0 Å². The number of pyridine rings is 1. The zero-order chi connectivity index (χ0) is 20.8. The summed E-state index contributed by atoms with van der Waals surface area (Å²) in [4.78, 5) is 28.2. The number of nitrogens with zero attached hydrogens (tertiary/aromatic N) is 1. The van der Waals surface area contributed by atoms with Gasteiger partial charge in [-0.2, -0.15) is 0 Å². The Labute approximate surface area is 165 Å². The molecular formula is C21H17F2N3O3. The van der Waals surface area contributed by atoms with Gasteiger partial charge in [-0.25, -0.2) is 18.6 Å². The molecule has 8 heteroatoms. The number of aromatic nitrogens is 1. The van der Waals surface area contributed by atoms with Gasteiger partial charge in [-0.1, -0.05) is 0 Å². The minimum atomic E-state index is -1.05. The zero-order valence-electron chi connectivity index (χ0n) is 15.4. The van der Waals surface area contributed by atoms with Crippen molar-refractivity contribution in [3.63, 3.8) is 0 Å². The highest BCUT2D eigenvalue weighted by molar-refractivity contribution is 6.04. The van der Waals surface area contributed by atoms with Crippen molar-refractivity contribution in [1.29, 1.82) is 0 Å². The van der Waals surface area contributed by atoms with Crippen molar-refractivity contribution in [1.82, 2.24) is 4.98 Å². The lowest BCUT2D eigenvalue weighted by Crippen LogP contribution is -2.12. The average Bonchev–Trinajstić information content (AvgIpc) is 2.72. The number of halogens is 2. The van der Waals surface area contributed by atoms with E-state index in [4.69, 9.17) is 4.74 Å². The molecule has 29 heavy (non-hydrogen) atoms. The van der Waals surface area contributed by atoms with Crippen molar-refractivity contribution in [2.45, 2.75) is 6.92 Å². The first kappa shape index (κ1) is 19.9. The number of rotatable bonds is 6. The number of nitrogens with one attached hydrogen (secondary N) is 2. The van der Waals surface area contributed by atoms with E-state index in [-0.39, 0.29) is 11.3 Å². The Morgan fingerprint density at radius 3 is 2.34 bits per heavy atom. The van der Waals surface area contributed by atoms with Gasteiger partial charge in [0.25, 0.3) is 5.91 Å². The highest BCUT2D eigenvalue weighted by Crippen LogP contribution is 2.18. The van der Waals surface area contributed by atoms with Crippen molar-refractivity contribution in [2.24, 2.45) is 0 Å². The van der Waals surface area contributed by atoms with Gasteiger partial charge in [0, 0.05) is 29.2 Å². The summed E-state index contributed by atoms with van der Waals surface area (Å²) in [5, 5.41) is 5.52. The Balaban J connectivity index is 1.69. The fourth-order valence-corrected chi connectivity index (χ4v) is 2.47. The molecule has 0 aliphatic carbocycles.